The van der Waals surface area contributed by atoms with Gasteiger partial charge in [0.05, 0.1) is 0 Å². The van der Waals surface area contributed by atoms with E-state index in [1.807, 2.05) is 0 Å². The van der Waals surface area contributed by atoms with Crippen LogP contribution >= 0.6 is 0 Å². The molecule has 1 aliphatic heterocycles. The average molecular weight is 250 g/mol. The quantitative estimate of drug-likeness (QED) is 0.755. The molecule has 1 aliphatic carbocycles. The van der Waals surface area contributed by atoms with E-state index in [4.69, 9.17) is 0 Å². The Morgan fingerprint density at radius 2 is 2.06 bits per heavy atom. The summed E-state index contributed by atoms with van der Waals surface area (Å²) in [5, 5.41) is 3.79. The molecule has 1 N–H and O–H groups in total. The van der Waals surface area contributed by atoms with Crippen LogP contribution in [0.15, 0.2) is 11.6 Å². The molecule has 18 heavy (non-hydrogen) atoms. The lowest BCUT2D eigenvalue weighted by atomic mass is 9.97. The molecule has 0 aromatic heterocycles. The van der Waals surface area contributed by atoms with Gasteiger partial charge in [0.2, 0.25) is 0 Å². The molecule has 1 saturated carbocycles. The fourth-order valence-electron chi connectivity index (χ4n) is 3.00. The molecule has 0 amide bonds. The molecule has 1 heterocycles. The van der Waals surface area contributed by atoms with E-state index in [0.29, 0.717) is 0 Å². The van der Waals surface area contributed by atoms with Crippen LogP contribution < -0.4 is 5.32 Å². The normalized spacial score (nSPS) is 29.6. The summed E-state index contributed by atoms with van der Waals surface area (Å²) in [6, 6.07) is 1.49. The zero-order valence-electron chi connectivity index (χ0n) is 12.6. The summed E-state index contributed by atoms with van der Waals surface area (Å²) in [6.07, 6.45) is 6.61. The van der Waals surface area contributed by atoms with Crippen LogP contribution in [0.4, 0.5) is 0 Å². The Bertz CT molecular complexity index is 287. The third-order valence-corrected chi connectivity index (χ3v) is 4.23. The highest BCUT2D eigenvalue weighted by molar-refractivity contribution is 5.00. The summed E-state index contributed by atoms with van der Waals surface area (Å²) in [7, 11) is 0. The maximum Gasteiger partial charge on any atom is 0.0227 e. The second-order valence-corrected chi connectivity index (χ2v) is 6.87. The number of piperazine rings is 1. The van der Waals surface area contributed by atoms with E-state index < -0.39 is 0 Å². The molecule has 104 valence electrons. The minimum atomic E-state index is 0.732. The van der Waals surface area contributed by atoms with Crippen LogP contribution in [0.5, 0.6) is 0 Å². The second kappa shape index (κ2) is 6.21. The van der Waals surface area contributed by atoms with Crippen molar-refractivity contribution >= 4 is 0 Å². The lowest BCUT2D eigenvalue weighted by Gasteiger charge is -2.41. The fraction of sp³-hybridized carbons (Fsp3) is 0.875. The van der Waals surface area contributed by atoms with Gasteiger partial charge in [-0.25, -0.2) is 0 Å². The van der Waals surface area contributed by atoms with E-state index in [-0.39, 0.29) is 0 Å². The summed E-state index contributed by atoms with van der Waals surface area (Å²) in [5.74, 6) is 1.77. The average Bonchev–Trinajstić information content (AvgIpc) is 3.10. The molecule has 2 unspecified atom stereocenters. The minimum absolute atomic E-state index is 0.732. The number of rotatable bonds is 5. The van der Waals surface area contributed by atoms with Crippen molar-refractivity contribution in [3.63, 3.8) is 0 Å². The first kappa shape index (κ1) is 14.1. The van der Waals surface area contributed by atoms with Crippen molar-refractivity contribution in [3.05, 3.63) is 11.6 Å². The molecule has 0 spiro atoms. The van der Waals surface area contributed by atoms with Crippen molar-refractivity contribution in [2.24, 2.45) is 11.8 Å². The summed E-state index contributed by atoms with van der Waals surface area (Å²) in [5.41, 5.74) is 1.44. The van der Waals surface area contributed by atoms with Crippen LogP contribution in [-0.2, 0) is 0 Å². The number of hydrogen-bond acceptors (Lipinski definition) is 2. The SMILES string of the molecule is CC(C)=CCN1CC(C2CC2)NCC1CC(C)C. The Morgan fingerprint density at radius 1 is 1.33 bits per heavy atom. The zero-order chi connectivity index (χ0) is 13.1. The molecule has 1 saturated heterocycles. The standard InChI is InChI=1S/C16H30N2/c1-12(2)7-8-18-11-16(14-5-6-14)17-10-15(18)9-13(3)4/h7,13-17H,5-6,8-11H2,1-4H3. The van der Waals surface area contributed by atoms with E-state index in [0.717, 1.165) is 30.5 Å². The molecule has 2 atom stereocenters. The predicted molar refractivity (Wildman–Crippen MR) is 78.8 cm³/mol. The van der Waals surface area contributed by atoms with Crippen LogP contribution in [-0.4, -0.2) is 36.6 Å². The summed E-state index contributed by atoms with van der Waals surface area (Å²) >= 11 is 0. The molecule has 0 bridgehead atoms. The molecular formula is C16H30N2. The molecule has 0 aromatic rings. The summed E-state index contributed by atoms with van der Waals surface area (Å²) < 4.78 is 0. The van der Waals surface area contributed by atoms with Crippen LogP contribution in [0.2, 0.25) is 0 Å². The number of hydrogen-bond donors (Lipinski definition) is 1. The van der Waals surface area contributed by atoms with Gasteiger partial charge in [0.15, 0.2) is 0 Å². The summed E-state index contributed by atoms with van der Waals surface area (Å²) in [4.78, 5) is 2.71. The highest BCUT2D eigenvalue weighted by Crippen LogP contribution is 2.34. The molecule has 0 radical (unpaired) electrons. The van der Waals surface area contributed by atoms with Gasteiger partial charge in [-0.1, -0.05) is 25.5 Å². The molecule has 2 fully saturated rings. The van der Waals surface area contributed by atoms with E-state index >= 15 is 0 Å². The van der Waals surface area contributed by atoms with Gasteiger partial charge in [0.1, 0.15) is 0 Å². The zero-order valence-corrected chi connectivity index (χ0v) is 12.6. The van der Waals surface area contributed by atoms with Gasteiger partial charge in [0.25, 0.3) is 0 Å². The van der Waals surface area contributed by atoms with Crippen LogP contribution in [0, 0.1) is 11.8 Å². The lowest BCUT2D eigenvalue weighted by molar-refractivity contribution is 0.120. The Labute approximate surface area is 113 Å². The van der Waals surface area contributed by atoms with Crippen molar-refractivity contribution in [3.8, 4) is 0 Å². The Morgan fingerprint density at radius 3 is 2.61 bits per heavy atom. The minimum Gasteiger partial charge on any atom is -0.311 e. The maximum absolute atomic E-state index is 3.79. The first-order chi connectivity index (χ1) is 8.56. The lowest BCUT2D eigenvalue weighted by Crippen LogP contribution is -2.57. The van der Waals surface area contributed by atoms with Crippen molar-refractivity contribution in [1.29, 1.82) is 0 Å². The molecule has 2 aliphatic rings. The van der Waals surface area contributed by atoms with Gasteiger partial charge in [-0.3, -0.25) is 4.90 Å². The third kappa shape index (κ3) is 4.10. The highest BCUT2D eigenvalue weighted by Gasteiger charge is 2.36. The molecule has 2 rings (SSSR count). The highest BCUT2D eigenvalue weighted by atomic mass is 15.2. The van der Waals surface area contributed by atoms with Crippen molar-refractivity contribution in [1.82, 2.24) is 10.2 Å². The van der Waals surface area contributed by atoms with Crippen LogP contribution in [0.25, 0.3) is 0 Å². The molecular weight excluding hydrogens is 220 g/mol. The molecule has 0 aromatic carbocycles. The van der Waals surface area contributed by atoms with Gasteiger partial charge in [0, 0.05) is 31.7 Å². The van der Waals surface area contributed by atoms with Crippen molar-refractivity contribution < 1.29 is 0 Å². The Balaban J connectivity index is 1.93. The first-order valence-electron chi connectivity index (χ1n) is 7.67. The number of allylic oxidation sites excluding steroid dienone is 1. The third-order valence-electron chi connectivity index (χ3n) is 4.23. The number of nitrogens with one attached hydrogen (secondary N) is 1. The maximum atomic E-state index is 3.79. The van der Waals surface area contributed by atoms with E-state index in [2.05, 4.69) is 44.0 Å². The van der Waals surface area contributed by atoms with Crippen LogP contribution in [0.3, 0.4) is 0 Å². The Kier molecular flexibility index (Phi) is 4.85. The Hall–Kier alpha value is -0.340. The van der Waals surface area contributed by atoms with E-state index in [1.165, 1.54) is 37.9 Å². The predicted octanol–water partition coefficient (Wildman–Crippen LogP) is 3.05. The fourth-order valence-corrected chi connectivity index (χ4v) is 3.00. The van der Waals surface area contributed by atoms with Crippen LogP contribution in [0.1, 0.15) is 47.0 Å². The molecule has 2 heteroatoms. The largest absolute Gasteiger partial charge is 0.311 e. The van der Waals surface area contributed by atoms with Crippen molar-refractivity contribution in [2.75, 3.05) is 19.6 Å². The first-order valence-corrected chi connectivity index (χ1v) is 7.67. The van der Waals surface area contributed by atoms with Gasteiger partial charge in [-0.05, 0) is 44.9 Å². The van der Waals surface area contributed by atoms with Gasteiger partial charge in [-0.2, -0.15) is 0 Å². The molecule has 2 nitrogen and oxygen atoms in total. The second-order valence-electron chi connectivity index (χ2n) is 6.87. The van der Waals surface area contributed by atoms with Gasteiger partial charge >= 0.3 is 0 Å². The number of nitrogens with zero attached hydrogens (tertiary/aromatic N) is 1. The van der Waals surface area contributed by atoms with E-state index in [1.54, 1.807) is 0 Å². The van der Waals surface area contributed by atoms with Gasteiger partial charge in [-0.15, -0.1) is 0 Å². The smallest absolute Gasteiger partial charge is 0.0227 e. The van der Waals surface area contributed by atoms with E-state index in [9.17, 15) is 0 Å². The topological polar surface area (TPSA) is 15.3 Å². The summed E-state index contributed by atoms with van der Waals surface area (Å²) in [6.45, 7) is 12.7. The van der Waals surface area contributed by atoms with Crippen molar-refractivity contribution in [2.45, 2.75) is 59.0 Å². The van der Waals surface area contributed by atoms with Gasteiger partial charge < -0.3 is 5.32 Å². The monoisotopic (exact) mass is 250 g/mol.